The van der Waals surface area contributed by atoms with E-state index >= 15 is 0 Å². The van der Waals surface area contributed by atoms with E-state index in [0.29, 0.717) is 12.2 Å². The van der Waals surface area contributed by atoms with Crippen LogP contribution in [0.2, 0.25) is 0 Å². The number of hydrogen-bond acceptors (Lipinski definition) is 5. The summed E-state index contributed by atoms with van der Waals surface area (Å²) >= 11 is 1.46. The van der Waals surface area contributed by atoms with E-state index in [1.807, 2.05) is 41.8 Å². The molecule has 0 bridgehead atoms. The summed E-state index contributed by atoms with van der Waals surface area (Å²) in [5.41, 5.74) is 3.10. The van der Waals surface area contributed by atoms with E-state index in [1.54, 1.807) is 18.2 Å². The van der Waals surface area contributed by atoms with Crippen LogP contribution in [0.5, 0.6) is 0 Å². The molecular weight excluding hydrogens is 374 g/mol. The predicted molar refractivity (Wildman–Crippen MR) is 107 cm³/mol. The van der Waals surface area contributed by atoms with E-state index in [1.165, 1.54) is 17.7 Å². The van der Waals surface area contributed by atoms with Gasteiger partial charge in [0.15, 0.2) is 0 Å². The number of rotatable bonds is 5. The highest BCUT2D eigenvalue weighted by Crippen LogP contribution is 2.25. The number of carboxylic acids is 1. The summed E-state index contributed by atoms with van der Waals surface area (Å²) in [7, 11) is 0. The highest BCUT2D eigenvalue weighted by Gasteiger charge is 2.14. The van der Waals surface area contributed by atoms with Gasteiger partial charge in [-0.2, -0.15) is 0 Å². The van der Waals surface area contributed by atoms with Gasteiger partial charge >= 0.3 is 5.97 Å². The van der Waals surface area contributed by atoms with Crippen molar-refractivity contribution in [2.45, 2.75) is 6.54 Å². The topological polar surface area (TPSA) is 92.2 Å². The molecule has 0 radical (unpaired) electrons. The third-order valence-electron chi connectivity index (χ3n) is 4.35. The zero-order valence-corrected chi connectivity index (χ0v) is 15.4. The molecule has 4 aromatic rings. The van der Waals surface area contributed by atoms with Crippen LogP contribution in [0.25, 0.3) is 21.3 Å². The van der Waals surface area contributed by atoms with Crippen LogP contribution in [0.15, 0.2) is 66.3 Å². The standard InChI is InChI=1S/C21H15N3O3S/c25-19(18-17-8-9-28-20(17)24-12-23-18)22-11-15-4-1-2-7-16(15)13-5-3-6-14(10-13)21(26)27/h1-10,12H,11H2,(H,22,25)(H,26,27). The quantitative estimate of drug-likeness (QED) is 0.538. The maximum Gasteiger partial charge on any atom is 0.335 e. The number of aromatic carboxylic acids is 1. The molecule has 28 heavy (non-hydrogen) atoms. The Bertz CT molecular complexity index is 1190. The van der Waals surface area contributed by atoms with Crippen molar-refractivity contribution in [1.29, 1.82) is 0 Å². The number of carbonyl (C=O) groups is 2. The molecule has 2 aromatic heterocycles. The Hall–Kier alpha value is -3.58. The van der Waals surface area contributed by atoms with Crippen molar-refractivity contribution < 1.29 is 14.7 Å². The minimum atomic E-state index is -0.976. The zero-order chi connectivity index (χ0) is 19.5. The van der Waals surface area contributed by atoms with Gasteiger partial charge in [-0.25, -0.2) is 14.8 Å². The third-order valence-corrected chi connectivity index (χ3v) is 5.17. The average molecular weight is 389 g/mol. The van der Waals surface area contributed by atoms with Gasteiger partial charge in [0.25, 0.3) is 5.91 Å². The molecule has 138 valence electrons. The maximum atomic E-state index is 12.6. The summed E-state index contributed by atoms with van der Waals surface area (Å²) in [6.45, 7) is 0.294. The number of amides is 1. The van der Waals surface area contributed by atoms with Crippen LogP contribution in [0.4, 0.5) is 0 Å². The maximum absolute atomic E-state index is 12.6. The second kappa shape index (κ2) is 7.58. The molecule has 7 heteroatoms. The lowest BCUT2D eigenvalue weighted by molar-refractivity contribution is 0.0696. The van der Waals surface area contributed by atoms with Gasteiger partial charge in [0, 0.05) is 11.9 Å². The van der Waals surface area contributed by atoms with Crippen molar-refractivity contribution >= 4 is 33.4 Å². The van der Waals surface area contributed by atoms with Crippen molar-refractivity contribution in [1.82, 2.24) is 15.3 Å². The third kappa shape index (κ3) is 3.47. The number of fused-ring (bicyclic) bond motifs is 1. The Morgan fingerprint density at radius 1 is 1.04 bits per heavy atom. The summed E-state index contributed by atoms with van der Waals surface area (Å²) in [4.78, 5) is 33.0. The number of hydrogen-bond donors (Lipinski definition) is 2. The van der Waals surface area contributed by atoms with Gasteiger partial charge in [0.1, 0.15) is 16.9 Å². The highest BCUT2D eigenvalue weighted by atomic mass is 32.1. The average Bonchev–Trinajstić information content (AvgIpc) is 3.21. The minimum Gasteiger partial charge on any atom is -0.478 e. The van der Waals surface area contributed by atoms with Crippen molar-refractivity contribution in [3.05, 3.63) is 83.1 Å². The molecule has 0 aliphatic heterocycles. The molecule has 2 aromatic carbocycles. The Balaban J connectivity index is 1.60. The van der Waals surface area contributed by atoms with E-state index in [-0.39, 0.29) is 11.5 Å². The molecule has 0 unspecified atom stereocenters. The number of nitrogens with zero attached hydrogens (tertiary/aromatic N) is 2. The number of thiophene rings is 1. The van der Waals surface area contributed by atoms with E-state index in [9.17, 15) is 14.7 Å². The highest BCUT2D eigenvalue weighted by molar-refractivity contribution is 7.16. The SMILES string of the molecule is O=C(O)c1cccc(-c2ccccc2CNC(=O)c2ncnc3sccc23)c1. The smallest absolute Gasteiger partial charge is 0.335 e. The molecule has 0 aliphatic rings. The number of carboxylic acid groups (broad SMARTS) is 1. The van der Waals surface area contributed by atoms with E-state index in [0.717, 1.165) is 26.9 Å². The van der Waals surface area contributed by atoms with E-state index < -0.39 is 5.97 Å². The Morgan fingerprint density at radius 2 is 1.89 bits per heavy atom. The first-order chi connectivity index (χ1) is 13.6. The molecule has 2 N–H and O–H groups in total. The zero-order valence-electron chi connectivity index (χ0n) is 14.6. The van der Waals surface area contributed by atoms with Crippen LogP contribution in [0.1, 0.15) is 26.4 Å². The molecule has 1 amide bonds. The molecule has 4 rings (SSSR count). The minimum absolute atomic E-state index is 0.220. The summed E-state index contributed by atoms with van der Waals surface area (Å²) in [6.07, 6.45) is 1.39. The van der Waals surface area contributed by atoms with Crippen LogP contribution < -0.4 is 5.32 Å². The van der Waals surface area contributed by atoms with Gasteiger partial charge in [0.05, 0.1) is 5.56 Å². The molecule has 6 nitrogen and oxygen atoms in total. The summed E-state index contributed by atoms with van der Waals surface area (Å²) < 4.78 is 0. The molecule has 0 aliphatic carbocycles. The van der Waals surface area contributed by atoms with Crippen molar-refractivity contribution in [2.75, 3.05) is 0 Å². The number of nitrogens with one attached hydrogen (secondary N) is 1. The van der Waals surface area contributed by atoms with Gasteiger partial charge in [-0.3, -0.25) is 4.79 Å². The molecule has 0 fully saturated rings. The molecule has 0 saturated heterocycles. The summed E-state index contributed by atoms with van der Waals surface area (Å²) in [5, 5.41) is 14.7. The Labute approximate surface area is 164 Å². The molecule has 0 saturated carbocycles. The predicted octanol–water partition coefficient (Wildman–Crippen LogP) is 3.99. The van der Waals surface area contributed by atoms with Crippen LogP contribution in [-0.2, 0) is 6.54 Å². The molecule has 0 atom stereocenters. The normalized spacial score (nSPS) is 10.7. The van der Waals surface area contributed by atoms with Crippen molar-refractivity contribution in [3.8, 4) is 11.1 Å². The lowest BCUT2D eigenvalue weighted by Crippen LogP contribution is -2.24. The van der Waals surface area contributed by atoms with Crippen LogP contribution in [0.3, 0.4) is 0 Å². The number of benzene rings is 2. The second-order valence-corrected chi connectivity index (χ2v) is 6.98. The first-order valence-corrected chi connectivity index (χ1v) is 9.39. The Morgan fingerprint density at radius 3 is 2.75 bits per heavy atom. The van der Waals surface area contributed by atoms with Gasteiger partial charge < -0.3 is 10.4 Å². The lowest BCUT2D eigenvalue weighted by atomic mass is 9.98. The number of aromatic nitrogens is 2. The fourth-order valence-electron chi connectivity index (χ4n) is 3.01. The number of carbonyl (C=O) groups excluding carboxylic acids is 1. The Kier molecular flexibility index (Phi) is 4.82. The van der Waals surface area contributed by atoms with Crippen LogP contribution >= 0.6 is 11.3 Å². The lowest BCUT2D eigenvalue weighted by Gasteiger charge is -2.11. The van der Waals surface area contributed by atoms with Gasteiger partial charge in [-0.05, 0) is 40.3 Å². The van der Waals surface area contributed by atoms with Crippen molar-refractivity contribution in [2.24, 2.45) is 0 Å². The monoisotopic (exact) mass is 389 g/mol. The molecular formula is C21H15N3O3S. The van der Waals surface area contributed by atoms with Gasteiger partial charge in [-0.1, -0.05) is 36.4 Å². The fraction of sp³-hybridized carbons (Fsp3) is 0.0476. The van der Waals surface area contributed by atoms with E-state index in [4.69, 9.17) is 0 Å². The molecule has 2 heterocycles. The first-order valence-electron chi connectivity index (χ1n) is 8.51. The summed E-state index contributed by atoms with van der Waals surface area (Å²) in [5.74, 6) is -1.25. The summed E-state index contributed by atoms with van der Waals surface area (Å²) in [6, 6.07) is 16.2. The van der Waals surface area contributed by atoms with Crippen LogP contribution in [-0.4, -0.2) is 27.0 Å². The largest absolute Gasteiger partial charge is 0.478 e. The molecule has 0 spiro atoms. The van der Waals surface area contributed by atoms with Crippen molar-refractivity contribution in [3.63, 3.8) is 0 Å². The van der Waals surface area contributed by atoms with Gasteiger partial charge in [0.2, 0.25) is 0 Å². The fourth-order valence-corrected chi connectivity index (χ4v) is 3.74. The first kappa shape index (κ1) is 17.8. The second-order valence-electron chi connectivity index (χ2n) is 6.09. The van der Waals surface area contributed by atoms with Crippen LogP contribution in [0, 0.1) is 0 Å². The van der Waals surface area contributed by atoms with Gasteiger partial charge in [-0.15, -0.1) is 11.3 Å². The van der Waals surface area contributed by atoms with E-state index in [2.05, 4.69) is 15.3 Å².